The van der Waals surface area contributed by atoms with Crippen LogP contribution in [0.1, 0.15) is 20.3 Å². The third-order valence-electron chi connectivity index (χ3n) is 1.16. The predicted molar refractivity (Wildman–Crippen MR) is 41.9 cm³/mol. The van der Waals surface area contributed by atoms with Gasteiger partial charge in [0.05, 0.1) is 0 Å². The lowest BCUT2D eigenvalue weighted by atomic mass is 10.1. The van der Waals surface area contributed by atoms with E-state index >= 15 is 0 Å². The number of hydrogen-bond donors (Lipinski definition) is 1. The standard InChI is InChI=1S/C8H15N/c1-3-5-8(2)6-4-7-9/h3-5,7-8H,6,9H2,1-2H3/b5-3-,7-4-. The van der Waals surface area contributed by atoms with Gasteiger partial charge >= 0.3 is 0 Å². The van der Waals surface area contributed by atoms with Gasteiger partial charge in [-0.05, 0) is 25.5 Å². The Hall–Kier alpha value is -0.720. The molecule has 1 nitrogen and oxygen atoms in total. The topological polar surface area (TPSA) is 26.0 Å². The van der Waals surface area contributed by atoms with E-state index in [1.807, 2.05) is 13.0 Å². The van der Waals surface area contributed by atoms with Crippen LogP contribution < -0.4 is 5.73 Å². The molecule has 0 spiro atoms. The first kappa shape index (κ1) is 8.28. The quantitative estimate of drug-likeness (QED) is 0.574. The van der Waals surface area contributed by atoms with Gasteiger partial charge in [0.25, 0.3) is 0 Å². The summed E-state index contributed by atoms with van der Waals surface area (Å²) in [6, 6.07) is 0. The van der Waals surface area contributed by atoms with E-state index in [0.717, 1.165) is 6.42 Å². The van der Waals surface area contributed by atoms with Crippen LogP contribution >= 0.6 is 0 Å². The summed E-state index contributed by atoms with van der Waals surface area (Å²) < 4.78 is 0. The first-order chi connectivity index (χ1) is 4.31. The summed E-state index contributed by atoms with van der Waals surface area (Å²) >= 11 is 0. The van der Waals surface area contributed by atoms with E-state index < -0.39 is 0 Å². The second-order valence-corrected chi connectivity index (χ2v) is 2.17. The van der Waals surface area contributed by atoms with Crippen LogP contribution in [0.3, 0.4) is 0 Å². The van der Waals surface area contributed by atoms with Crippen molar-refractivity contribution in [3.05, 3.63) is 24.4 Å². The molecule has 0 aliphatic carbocycles. The molecule has 0 fully saturated rings. The van der Waals surface area contributed by atoms with Crippen LogP contribution in [0.15, 0.2) is 24.4 Å². The maximum Gasteiger partial charge on any atom is -0.0103 e. The molecule has 0 radical (unpaired) electrons. The van der Waals surface area contributed by atoms with Gasteiger partial charge < -0.3 is 5.73 Å². The van der Waals surface area contributed by atoms with Crippen molar-refractivity contribution in [2.24, 2.45) is 11.7 Å². The number of allylic oxidation sites excluding steroid dienone is 3. The Labute approximate surface area is 57.3 Å². The normalized spacial score (nSPS) is 15.3. The maximum absolute atomic E-state index is 5.17. The molecule has 52 valence electrons. The average Bonchev–Trinajstić information content (AvgIpc) is 1.85. The van der Waals surface area contributed by atoms with Gasteiger partial charge in [-0.15, -0.1) is 0 Å². The molecule has 1 atom stereocenters. The van der Waals surface area contributed by atoms with Crippen molar-refractivity contribution in [2.75, 3.05) is 0 Å². The first-order valence-electron chi connectivity index (χ1n) is 3.30. The highest BCUT2D eigenvalue weighted by molar-refractivity contribution is 4.88. The Morgan fingerprint density at radius 1 is 1.56 bits per heavy atom. The van der Waals surface area contributed by atoms with E-state index in [-0.39, 0.29) is 0 Å². The van der Waals surface area contributed by atoms with E-state index in [4.69, 9.17) is 5.73 Å². The van der Waals surface area contributed by atoms with Crippen molar-refractivity contribution in [1.82, 2.24) is 0 Å². The Morgan fingerprint density at radius 3 is 2.67 bits per heavy atom. The van der Waals surface area contributed by atoms with Crippen LogP contribution in [0.25, 0.3) is 0 Å². The smallest absolute Gasteiger partial charge is 0.0103 e. The minimum atomic E-state index is 0.620. The Morgan fingerprint density at radius 2 is 2.22 bits per heavy atom. The average molecular weight is 125 g/mol. The van der Waals surface area contributed by atoms with Gasteiger partial charge in [0.1, 0.15) is 0 Å². The summed E-state index contributed by atoms with van der Waals surface area (Å²) in [5.41, 5.74) is 5.17. The fourth-order valence-electron chi connectivity index (χ4n) is 0.700. The van der Waals surface area contributed by atoms with Crippen molar-refractivity contribution in [3.63, 3.8) is 0 Å². The lowest BCUT2D eigenvalue weighted by Gasteiger charge is -1.97. The van der Waals surface area contributed by atoms with Crippen LogP contribution in [-0.4, -0.2) is 0 Å². The molecular formula is C8H15N. The van der Waals surface area contributed by atoms with Crippen LogP contribution in [0, 0.1) is 5.92 Å². The highest BCUT2D eigenvalue weighted by Crippen LogP contribution is 2.02. The van der Waals surface area contributed by atoms with Crippen molar-refractivity contribution in [1.29, 1.82) is 0 Å². The number of nitrogens with two attached hydrogens (primary N) is 1. The monoisotopic (exact) mass is 125 g/mol. The van der Waals surface area contributed by atoms with Gasteiger partial charge in [0, 0.05) is 0 Å². The number of hydrogen-bond acceptors (Lipinski definition) is 1. The van der Waals surface area contributed by atoms with Crippen molar-refractivity contribution in [2.45, 2.75) is 20.3 Å². The van der Waals surface area contributed by atoms with Crippen molar-refractivity contribution < 1.29 is 0 Å². The fourth-order valence-corrected chi connectivity index (χ4v) is 0.700. The molecule has 0 rings (SSSR count). The van der Waals surface area contributed by atoms with Gasteiger partial charge in [-0.3, -0.25) is 0 Å². The molecule has 0 aromatic heterocycles. The molecule has 0 aromatic carbocycles. The van der Waals surface area contributed by atoms with E-state index in [1.165, 1.54) is 0 Å². The molecule has 1 unspecified atom stereocenters. The van der Waals surface area contributed by atoms with Crippen LogP contribution in [0.4, 0.5) is 0 Å². The molecule has 0 aromatic rings. The Balaban J connectivity index is 3.37. The van der Waals surface area contributed by atoms with Gasteiger partial charge in [-0.1, -0.05) is 25.2 Å². The van der Waals surface area contributed by atoms with Crippen LogP contribution in [-0.2, 0) is 0 Å². The lowest BCUT2D eigenvalue weighted by molar-refractivity contribution is 0.742. The zero-order valence-corrected chi connectivity index (χ0v) is 6.17. The molecule has 0 bridgehead atoms. The van der Waals surface area contributed by atoms with Crippen LogP contribution in [0.5, 0.6) is 0 Å². The minimum absolute atomic E-state index is 0.620. The number of rotatable bonds is 3. The highest BCUT2D eigenvalue weighted by Gasteiger charge is 1.89. The van der Waals surface area contributed by atoms with Gasteiger partial charge in [-0.2, -0.15) is 0 Å². The molecule has 0 amide bonds. The molecule has 0 aliphatic rings. The molecule has 0 saturated heterocycles. The van der Waals surface area contributed by atoms with Gasteiger partial charge in [-0.25, -0.2) is 0 Å². The predicted octanol–water partition coefficient (Wildman–Crippen LogP) is 2.06. The van der Waals surface area contributed by atoms with Gasteiger partial charge in [0.15, 0.2) is 0 Å². The summed E-state index contributed by atoms with van der Waals surface area (Å²) in [5, 5.41) is 0. The van der Waals surface area contributed by atoms with Crippen molar-refractivity contribution in [3.8, 4) is 0 Å². The first-order valence-corrected chi connectivity index (χ1v) is 3.30. The summed E-state index contributed by atoms with van der Waals surface area (Å²) in [6.45, 7) is 4.20. The summed E-state index contributed by atoms with van der Waals surface area (Å²) in [7, 11) is 0. The summed E-state index contributed by atoms with van der Waals surface area (Å²) in [4.78, 5) is 0. The second-order valence-electron chi connectivity index (χ2n) is 2.17. The van der Waals surface area contributed by atoms with E-state index in [1.54, 1.807) is 6.20 Å². The van der Waals surface area contributed by atoms with E-state index in [2.05, 4.69) is 19.1 Å². The highest BCUT2D eigenvalue weighted by atomic mass is 14.5. The Kier molecular flexibility index (Phi) is 4.98. The SMILES string of the molecule is C/C=C\C(C)C/C=C\N. The zero-order valence-electron chi connectivity index (χ0n) is 6.17. The molecule has 0 saturated carbocycles. The van der Waals surface area contributed by atoms with Gasteiger partial charge in [0.2, 0.25) is 0 Å². The largest absolute Gasteiger partial charge is 0.405 e. The van der Waals surface area contributed by atoms with E-state index in [0.29, 0.717) is 5.92 Å². The van der Waals surface area contributed by atoms with Crippen molar-refractivity contribution >= 4 is 0 Å². The molecule has 0 heterocycles. The summed E-state index contributed by atoms with van der Waals surface area (Å²) in [5.74, 6) is 0.620. The third kappa shape index (κ3) is 5.15. The Bertz CT molecular complexity index is 103. The summed E-state index contributed by atoms with van der Waals surface area (Å²) in [6.07, 6.45) is 8.85. The second kappa shape index (κ2) is 5.42. The molecule has 1 heteroatoms. The minimum Gasteiger partial charge on any atom is -0.405 e. The molecule has 9 heavy (non-hydrogen) atoms. The molecule has 2 N–H and O–H groups in total. The lowest BCUT2D eigenvalue weighted by Crippen LogP contribution is -1.86. The zero-order chi connectivity index (χ0) is 7.11. The fraction of sp³-hybridized carbons (Fsp3) is 0.500. The maximum atomic E-state index is 5.17. The van der Waals surface area contributed by atoms with E-state index in [9.17, 15) is 0 Å². The third-order valence-corrected chi connectivity index (χ3v) is 1.16. The van der Waals surface area contributed by atoms with Crippen LogP contribution in [0.2, 0.25) is 0 Å². The molecule has 0 aliphatic heterocycles. The molecular weight excluding hydrogens is 110 g/mol.